The summed E-state index contributed by atoms with van der Waals surface area (Å²) in [4.78, 5) is 18.1. The lowest BCUT2D eigenvalue weighted by molar-refractivity contribution is 0.0782. The summed E-state index contributed by atoms with van der Waals surface area (Å²) in [5, 5.41) is 8.00. The number of piperazine rings is 1. The molecule has 3 aliphatic heterocycles. The van der Waals surface area contributed by atoms with E-state index in [4.69, 9.17) is 0 Å². The zero-order chi connectivity index (χ0) is 27.9. The topological polar surface area (TPSA) is 125 Å². The number of nitrogens with zero attached hydrogens (tertiary/aromatic N) is 5. The van der Waals surface area contributed by atoms with Crippen molar-refractivity contribution >= 4 is 36.7 Å². The lowest BCUT2D eigenvalue weighted by atomic mass is 9.97. The van der Waals surface area contributed by atoms with Crippen LogP contribution in [0.5, 0.6) is 0 Å². The first-order valence-electron chi connectivity index (χ1n) is 13.8. The fraction of sp³-hybridized carbons (Fsp3) is 0.692. The zero-order valence-electron chi connectivity index (χ0n) is 23.0. The first-order chi connectivity index (χ1) is 18.4. The highest BCUT2D eigenvalue weighted by atomic mass is 32.3. The van der Waals surface area contributed by atoms with Crippen LogP contribution in [0.25, 0.3) is 10.9 Å². The summed E-state index contributed by atoms with van der Waals surface area (Å²) in [6, 6.07) is 9.02. The van der Waals surface area contributed by atoms with Crippen molar-refractivity contribution in [2.75, 3.05) is 50.6 Å². The molecule has 0 saturated carbocycles. The Kier molecular flexibility index (Phi) is 8.08. The van der Waals surface area contributed by atoms with Gasteiger partial charge in [-0.2, -0.15) is 9.40 Å². The molecule has 13 heteroatoms. The average molecular weight is 581 g/mol. The fourth-order valence-electron chi connectivity index (χ4n) is 6.49. The van der Waals surface area contributed by atoms with Crippen molar-refractivity contribution in [3.8, 4) is 0 Å². The van der Waals surface area contributed by atoms with E-state index < -0.39 is 24.9 Å². The molecule has 3 fully saturated rings. The number of hydrogen-bond acceptors (Lipinski definition) is 8. The number of amides is 1. The van der Waals surface area contributed by atoms with Crippen molar-refractivity contribution in [3.63, 3.8) is 0 Å². The van der Waals surface area contributed by atoms with Gasteiger partial charge < -0.3 is 5.32 Å². The summed E-state index contributed by atoms with van der Waals surface area (Å²) in [5.41, 5.74) is 1.47. The van der Waals surface area contributed by atoms with Crippen molar-refractivity contribution < 1.29 is 21.6 Å². The number of carbonyl (C=O) groups is 1. The zero-order valence-corrected chi connectivity index (χ0v) is 24.6. The van der Waals surface area contributed by atoms with E-state index in [2.05, 4.69) is 34.1 Å². The van der Waals surface area contributed by atoms with E-state index in [0.29, 0.717) is 44.0 Å². The molecule has 0 aliphatic carbocycles. The Morgan fingerprint density at radius 3 is 2.26 bits per heavy atom. The summed E-state index contributed by atoms with van der Waals surface area (Å²) in [6.45, 7) is 7.73. The molecule has 1 aromatic carbocycles. The molecule has 11 nitrogen and oxygen atoms in total. The Hall–Kier alpha value is -2.06. The average Bonchev–Trinajstić information content (AvgIpc) is 3.36. The number of piperidine rings is 1. The summed E-state index contributed by atoms with van der Waals surface area (Å²) in [5.74, 6) is -0.104. The van der Waals surface area contributed by atoms with E-state index in [1.165, 1.54) is 4.31 Å². The highest BCUT2D eigenvalue weighted by molar-refractivity contribution is 8.06. The minimum Gasteiger partial charge on any atom is -0.348 e. The number of para-hydroxylation sites is 1. The van der Waals surface area contributed by atoms with Crippen molar-refractivity contribution in [1.29, 1.82) is 0 Å². The largest absolute Gasteiger partial charge is 0.348 e. The first-order valence-corrected chi connectivity index (χ1v) is 17.5. The molecule has 3 saturated heterocycles. The minimum absolute atomic E-state index is 0.104. The van der Waals surface area contributed by atoms with Crippen molar-refractivity contribution in [1.82, 2.24) is 29.2 Å². The van der Waals surface area contributed by atoms with E-state index in [-0.39, 0.29) is 18.0 Å². The summed E-state index contributed by atoms with van der Waals surface area (Å²) < 4.78 is 50.9. The normalized spacial score (nSPS) is 25.5. The summed E-state index contributed by atoms with van der Waals surface area (Å²) in [7, 11) is -7.39. The van der Waals surface area contributed by atoms with Gasteiger partial charge in [-0.3, -0.25) is 19.3 Å². The molecule has 1 aromatic heterocycles. The quantitative estimate of drug-likeness (QED) is 0.471. The van der Waals surface area contributed by atoms with Gasteiger partial charge in [0.1, 0.15) is 0 Å². The number of aromatic nitrogens is 2. The fourth-order valence-corrected chi connectivity index (χ4v) is 9.97. The number of benzene rings is 1. The van der Waals surface area contributed by atoms with Gasteiger partial charge in [0, 0.05) is 75.1 Å². The Labute approximate surface area is 231 Å². The predicted molar refractivity (Wildman–Crippen MR) is 151 cm³/mol. The number of nitrogens with one attached hydrogen (secondary N) is 1. The van der Waals surface area contributed by atoms with Gasteiger partial charge in [-0.1, -0.05) is 18.2 Å². The molecule has 2 aromatic rings. The molecular formula is C26H40N6O5S2. The molecule has 0 radical (unpaired) electrons. The Bertz CT molecular complexity index is 1400. The predicted octanol–water partition coefficient (Wildman–Crippen LogP) is 1.29. The van der Waals surface area contributed by atoms with Gasteiger partial charge in [0.25, 0.3) is 5.91 Å². The molecule has 216 valence electrons. The van der Waals surface area contributed by atoms with Crippen LogP contribution in [-0.4, -0.2) is 115 Å². The van der Waals surface area contributed by atoms with Crippen molar-refractivity contribution in [2.24, 2.45) is 0 Å². The Morgan fingerprint density at radius 1 is 1.00 bits per heavy atom. The molecule has 1 amide bonds. The molecule has 4 heterocycles. The van der Waals surface area contributed by atoms with Gasteiger partial charge in [-0.15, -0.1) is 0 Å². The lowest BCUT2D eigenvalue weighted by Crippen LogP contribution is -2.54. The number of sulfone groups is 1. The monoisotopic (exact) mass is 580 g/mol. The van der Waals surface area contributed by atoms with Gasteiger partial charge in [0.15, 0.2) is 20.6 Å². The number of rotatable bonds is 9. The maximum atomic E-state index is 13.3. The first kappa shape index (κ1) is 28.5. The second-order valence-electron chi connectivity index (χ2n) is 11.6. The van der Waals surface area contributed by atoms with Gasteiger partial charge in [0.05, 0.1) is 5.52 Å². The maximum Gasteiger partial charge on any atom is 0.272 e. The molecule has 0 spiro atoms. The third kappa shape index (κ3) is 6.32. The number of fused-ring (bicyclic) bond motifs is 3. The van der Waals surface area contributed by atoms with Gasteiger partial charge in [-0.05, 0) is 45.6 Å². The minimum atomic E-state index is -3.79. The molecular weight excluding hydrogens is 540 g/mol. The van der Waals surface area contributed by atoms with Crippen LogP contribution in [0.3, 0.4) is 0 Å². The summed E-state index contributed by atoms with van der Waals surface area (Å²) >= 11 is 0. The van der Waals surface area contributed by atoms with Gasteiger partial charge in [-0.25, -0.2) is 16.8 Å². The van der Waals surface area contributed by atoms with Crippen molar-refractivity contribution in [2.45, 2.75) is 63.7 Å². The maximum absolute atomic E-state index is 13.3. The molecule has 3 atom stereocenters. The highest BCUT2D eigenvalue weighted by Gasteiger charge is 2.41. The molecule has 39 heavy (non-hydrogen) atoms. The van der Waals surface area contributed by atoms with Crippen LogP contribution in [0.15, 0.2) is 24.3 Å². The highest BCUT2D eigenvalue weighted by Crippen LogP contribution is 2.36. The van der Waals surface area contributed by atoms with E-state index in [1.54, 1.807) is 0 Å². The van der Waals surface area contributed by atoms with Crippen LogP contribution in [0, 0.1) is 0 Å². The molecule has 2 bridgehead atoms. The van der Waals surface area contributed by atoms with Crippen LogP contribution < -0.4 is 5.32 Å². The Morgan fingerprint density at radius 2 is 1.64 bits per heavy atom. The Balaban J connectivity index is 1.13. The van der Waals surface area contributed by atoms with Crippen LogP contribution in [0.2, 0.25) is 0 Å². The lowest BCUT2D eigenvalue weighted by Gasteiger charge is -2.41. The van der Waals surface area contributed by atoms with E-state index in [1.807, 2.05) is 28.9 Å². The van der Waals surface area contributed by atoms with E-state index >= 15 is 0 Å². The van der Waals surface area contributed by atoms with Crippen LogP contribution in [-0.2, 0) is 19.9 Å². The molecule has 5 rings (SSSR count). The van der Waals surface area contributed by atoms with Crippen LogP contribution >= 0.6 is 0 Å². The standard InChI is InChI=1S/C26H40N6O5S2/c1-19(2)32-24-7-5-4-6-23(24)25(28-32)26(33)27-20-16-21-8-9-22(17-20)31(21)15-12-29-10-13-30(14-11-29)39(36,37)18-38(3,34)35/h4-7,19-22H,8-18H2,1-3H3,(H,27,33)/t20-,21-,22+. The summed E-state index contributed by atoms with van der Waals surface area (Å²) in [6.07, 6.45) is 5.04. The van der Waals surface area contributed by atoms with Crippen LogP contribution in [0.4, 0.5) is 0 Å². The van der Waals surface area contributed by atoms with E-state index in [0.717, 1.165) is 55.9 Å². The number of sulfonamides is 1. The molecule has 1 N–H and O–H groups in total. The number of hydrogen-bond donors (Lipinski definition) is 1. The number of carbonyl (C=O) groups excluding carboxylic acids is 1. The van der Waals surface area contributed by atoms with Crippen LogP contribution in [0.1, 0.15) is 56.1 Å². The third-order valence-electron chi connectivity index (χ3n) is 8.30. The van der Waals surface area contributed by atoms with Gasteiger partial charge >= 0.3 is 0 Å². The molecule has 0 unspecified atom stereocenters. The second kappa shape index (κ2) is 11.1. The van der Waals surface area contributed by atoms with Crippen molar-refractivity contribution in [3.05, 3.63) is 30.0 Å². The third-order valence-corrected chi connectivity index (χ3v) is 12.4. The molecule has 3 aliphatic rings. The smallest absolute Gasteiger partial charge is 0.272 e. The second-order valence-corrected chi connectivity index (χ2v) is 16.0. The SMILES string of the molecule is CC(C)n1nc(C(=O)N[C@@H]2C[C@H]3CC[C@@H](C2)N3CCN2CCN(S(=O)(=O)CS(C)(=O)=O)CC2)c2ccccc21. The van der Waals surface area contributed by atoms with E-state index in [9.17, 15) is 21.6 Å². The van der Waals surface area contributed by atoms with Gasteiger partial charge in [0.2, 0.25) is 10.0 Å².